The summed E-state index contributed by atoms with van der Waals surface area (Å²) in [5.74, 6) is -8.09. The van der Waals surface area contributed by atoms with Crippen LogP contribution in [0.25, 0.3) is 11.0 Å². The van der Waals surface area contributed by atoms with Gasteiger partial charge in [-0.25, -0.2) is 9.59 Å². The highest BCUT2D eigenvalue weighted by Crippen LogP contribution is 2.25. The molecule has 0 saturated carbocycles. The molecule has 15 N–H and O–H groups in total. The maximum atomic E-state index is 13.7. The fourth-order valence-corrected chi connectivity index (χ4v) is 7.26. The molecule has 0 aliphatic carbocycles. The standard InChI is InChI=1S/C43H66N12O11.C2HF3O2/c1-22(2)15-29(53-42(64)32-10-8-14-55(32)35(57)17-25-18-36(58)66-33-19-26(65-6)11-12-27(25)33)39(61)49-21-34(56)51-30(16-23(3)4)40(62)54-31(20-44)41(63)50-24(5)38(60)52-28(37(45)59)9-7-13-48-43(46)47;3-2(4,5)1(6)7/h11-12,18-19,22-24,28-32H,7-10,13-17,20-21,44H2,1-6H3,(H2,45,59)(H,49,61)(H,50,63)(H,51,56)(H,52,60)(H,53,64)(H,54,62)(H4,46,47,48);(H,6,7)/t24-,28-,29-,30-,31-,32-;/m0./s1. The van der Waals surface area contributed by atoms with Gasteiger partial charge in [-0.1, -0.05) is 27.7 Å². The van der Waals surface area contributed by atoms with Crippen molar-refractivity contribution < 1.29 is 70.6 Å². The Morgan fingerprint density at radius 1 is 0.836 bits per heavy atom. The molecule has 8 amide bonds. The number of benzene rings is 1. The monoisotopic (exact) mass is 1040 g/mol. The zero-order valence-electron chi connectivity index (χ0n) is 41.4. The number of likely N-dealkylation sites (tertiary alicyclic amines) is 1. The average Bonchev–Trinajstić information content (AvgIpc) is 3.80. The van der Waals surface area contributed by atoms with Gasteiger partial charge >= 0.3 is 17.8 Å². The second kappa shape index (κ2) is 29.1. The van der Waals surface area contributed by atoms with Crippen molar-refractivity contribution in [3.8, 4) is 5.75 Å². The van der Waals surface area contributed by atoms with Gasteiger partial charge in [-0.3, -0.25) is 43.3 Å². The smallest absolute Gasteiger partial charge is 0.490 e. The van der Waals surface area contributed by atoms with Gasteiger partial charge in [-0.2, -0.15) is 13.2 Å². The number of alkyl halides is 3. The molecule has 2 aromatic rings. The molecule has 406 valence electrons. The van der Waals surface area contributed by atoms with Crippen molar-refractivity contribution in [2.24, 2.45) is 39.8 Å². The number of aliphatic carboxylic acids is 1. The van der Waals surface area contributed by atoms with Gasteiger partial charge in [-0.05, 0) is 75.0 Å². The van der Waals surface area contributed by atoms with E-state index in [1.807, 2.05) is 13.8 Å². The number of carbonyl (C=O) groups is 9. The first-order valence-corrected chi connectivity index (χ1v) is 23.1. The van der Waals surface area contributed by atoms with Gasteiger partial charge in [0.25, 0.3) is 0 Å². The van der Waals surface area contributed by atoms with Crippen molar-refractivity contribution in [3.05, 3.63) is 40.2 Å². The van der Waals surface area contributed by atoms with Crippen LogP contribution in [0.1, 0.15) is 78.7 Å². The number of ether oxygens (including phenoxy) is 1. The molecule has 1 aromatic carbocycles. The van der Waals surface area contributed by atoms with Gasteiger partial charge in [0.05, 0.1) is 20.1 Å². The number of methoxy groups -OCH3 is 1. The lowest BCUT2D eigenvalue weighted by atomic mass is 10.0. The third-order valence-corrected chi connectivity index (χ3v) is 10.8. The van der Waals surface area contributed by atoms with Crippen molar-refractivity contribution in [2.75, 3.05) is 33.3 Å². The summed E-state index contributed by atoms with van der Waals surface area (Å²) in [7, 11) is 1.47. The maximum absolute atomic E-state index is 13.7. The third kappa shape index (κ3) is 21.0. The molecule has 1 saturated heterocycles. The number of nitrogens with one attached hydrogen (secondary N) is 6. The number of hydrogen-bond donors (Lipinski definition) is 11. The largest absolute Gasteiger partial charge is 0.497 e. The first-order chi connectivity index (χ1) is 34.1. The minimum Gasteiger partial charge on any atom is -0.497 e. The molecule has 1 aliphatic rings. The minimum absolute atomic E-state index is 0.0722. The lowest BCUT2D eigenvalue weighted by Crippen LogP contribution is -2.59. The summed E-state index contributed by atoms with van der Waals surface area (Å²) in [5, 5.41) is 22.9. The fraction of sp³-hybridized carbons (Fsp3) is 0.578. The number of hydrogen-bond acceptors (Lipinski definition) is 14. The summed E-state index contributed by atoms with van der Waals surface area (Å²) in [5.41, 5.74) is 21.9. The van der Waals surface area contributed by atoms with E-state index < -0.39 is 108 Å². The van der Waals surface area contributed by atoms with Crippen molar-refractivity contribution in [1.29, 1.82) is 0 Å². The molecular weight excluding hydrogens is 974 g/mol. The number of carbonyl (C=O) groups excluding carboxylic acids is 8. The SMILES string of the molecule is COc1ccc2c(CC(=O)N3CCC[C@H]3C(=O)N[C@@H](CC(C)C)C(=O)NCC(=O)N[C@@H](CC(C)C)C(=O)N[C@@H](CN)C(=O)N[C@@H](C)C(=O)N[C@@H](CCCN=C(N)N)C(N)=O)cc(=O)oc2c1.O=C(O)C(F)(F)F. The van der Waals surface area contributed by atoms with Crippen LogP contribution in [0.15, 0.2) is 38.5 Å². The van der Waals surface area contributed by atoms with Crippen LogP contribution in [-0.2, 0) is 49.6 Å². The van der Waals surface area contributed by atoms with E-state index in [4.69, 9.17) is 42.0 Å². The van der Waals surface area contributed by atoms with Crippen LogP contribution in [0.2, 0.25) is 0 Å². The predicted molar refractivity (Wildman–Crippen MR) is 257 cm³/mol. The molecule has 1 fully saturated rings. The van der Waals surface area contributed by atoms with Crippen molar-refractivity contribution >= 4 is 70.2 Å². The van der Waals surface area contributed by atoms with Crippen LogP contribution in [-0.4, -0.2) is 145 Å². The van der Waals surface area contributed by atoms with E-state index in [-0.39, 0.29) is 68.7 Å². The van der Waals surface area contributed by atoms with Crippen LogP contribution in [0.4, 0.5) is 13.2 Å². The molecule has 0 bridgehead atoms. The lowest BCUT2D eigenvalue weighted by Gasteiger charge is -2.27. The van der Waals surface area contributed by atoms with Gasteiger partial charge in [0.2, 0.25) is 47.3 Å². The van der Waals surface area contributed by atoms with E-state index in [1.54, 1.807) is 32.0 Å². The number of carboxylic acid groups (broad SMARTS) is 1. The summed E-state index contributed by atoms with van der Waals surface area (Å²) >= 11 is 0. The number of amides is 8. The second-order valence-corrected chi connectivity index (χ2v) is 17.8. The van der Waals surface area contributed by atoms with Crippen LogP contribution in [0.3, 0.4) is 0 Å². The molecule has 0 radical (unpaired) electrons. The Morgan fingerprint density at radius 2 is 1.42 bits per heavy atom. The summed E-state index contributed by atoms with van der Waals surface area (Å²) in [6, 6.07) is -0.585. The lowest BCUT2D eigenvalue weighted by molar-refractivity contribution is -0.192. The Morgan fingerprint density at radius 3 is 1.97 bits per heavy atom. The highest BCUT2D eigenvalue weighted by molar-refractivity contribution is 5.97. The maximum Gasteiger partial charge on any atom is 0.490 e. The van der Waals surface area contributed by atoms with Crippen LogP contribution in [0.5, 0.6) is 5.75 Å². The molecule has 0 spiro atoms. The average molecular weight is 1040 g/mol. The van der Waals surface area contributed by atoms with Crippen LogP contribution < -0.4 is 65.2 Å². The van der Waals surface area contributed by atoms with E-state index in [0.717, 1.165) is 0 Å². The summed E-state index contributed by atoms with van der Waals surface area (Å²) in [6.45, 7) is 8.19. The quantitative estimate of drug-likeness (QED) is 0.0224. The molecule has 2 heterocycles. The predicted octanol–water partition coefficient (Wildman–Crippen LogP) is -1.88. The number of rotatable bonds is 25. The molecule has 3 rings (SSSR count). The number of primary amides is 1. The normalized spacial score (nSPS) is 15.3. The van der Waals surface area contributed by atoms with E-state index >= 15 is 0 Å². The number of nitrogens with two attached hydrogens (primary N) is 4. The van der Waals surface area contributed by atoms with Crippen molar-refractivity contribution in [1.82, 2.24) is 36.8 Å². The van der Waals surface area contributed by atoms with E-state index in [2.05, 4.69) is 36.9 Å². The molecule has 73 heavy (non-hydrogen) atoms. The fourth-order valence-electron chi connectivity index (χ4n) is 7.26. The Bertz CT molecular complexity index is 2380. The molecule has 28 heteroatoms. The van der Waals surface area contributed by atoms with E-state index in [1.165, 1.54) is 25.0 Å². The number of carboxylic acids is 1. The minimum atomic E-state index is -5.08. The number of nitrogens with zero attached hydrogens (tertiary/aromatic N) is 2. The van der Waals surface area contributed by atoms with Crippen LogP contribution in [0, 0.1) is 11.8 Å². The third-order valence-electron chi connectivity index (χ3n) is 10.8. The summed E-state index contributed by atoms with van der Waals surface area (Å²) in [6.07, 6.45) is -3.61. The first-order valence-electron chi connectivity index (χ1n) is 23.1. The zero-order chi connectivity index (χ0) is 55.3. The highest BCUT2D eigenvalue weighted by Gasteiger charge is 2.39. The van der Waals surface area contributed by atoms with Gasteiger partial charge in [0.1, 0.15) is 47.6 Å². The molecule has 25 nitrogen and oxygen atoms in total. The first kappa shape index (κ1) is 61.6. The number of fused-ring (bicyclic) bond motifs is 1. The Labute approximate surface area is 417 Å². The summed E-state index contributed by atoms with van der Waals surface area (Å²) < 4.78 is 42.3. The number of aliphatic imine (C=N–C) groups is 1. The Hall–Kier alpha value is -7.52. The second-order valence-electron chi connectivity index (χ2n) is 17.8. The van der Waals surface area contributed by atoms with Gasteiger partial charge < -0.3 is 74.0 Å². The van der Waals surface area contributed by atoms with Gasteiger partial charge in [-0.15, -0.1) is 0 Å². The number of halogens is 3. The molecule has 6 atom stereocenters. The summed E-state index contributed by atoms with van der Waals surface area (Å²) in [4.78, 5) is 132. The molecule has 0 unspecified atom stereocenters. The zero-order valence-corrected chi connectivity index (χ0v) is 41.4. The van der Waals surface area contributed by atoms with Crippen molar-refractivity contribution in [3.63, 3.8) is 0 Å². The van der Waals surface area contributed by atoms with E-state index in [0.29, 0.717) is 36.0 Å². The van der Waals surface area contributed by atoms with E-state index in [9.17, 15) is 56.3 Å². The Balaban J connectivity index is 0.00000242. The highest BCUT2D eigenvalue weighted by atomic mass is 19.4. The molecule has 1 aliphatic heterocycles. The van der Waals surface area contributed by atoms with Crippen molar-refractivity contribution in [2.45, 2.75) is 122 Å². The van der Waals surface area contributed by atoms with Gasteiger partial charge in [0, 0.05) is 37.2 Å². The molecule has 1 aromatic heterocycles. The Kier molecular flexibility index (Phi) is 24.6. The number of guanidine groups is 1. The van der Waals surface area contributed by atoms with Crippen LogP contribution >= 0.6 is 0 Å². The molecular formula is C45H67F3N12O13. The van der Waals surface area contributed by atoms with Gasteiger partial charge in [0.15, 0.2) is 5.96 Å². The topological polar surface area (TPSA) is 405 Å².